The first-order valence-corrected chi connectivity index (χ1v) is 11.3. The lowest BCUT2D eigenvalue weighted by molar-refractivity contribution is -0.384. The molecule has 0 unspecified atom stereocenters. The quantitative estimate of drug-likeness (QED) is 0.339. The van der Waals surface area contributed by atoms with Gasteiger partial charge in [0.1, 0.15) is 5.82 Å². The summed E-state index contributed by atoms with van der Waals surface area (Å²) in [6.07, 6.45) is 0.712. The zero-order chi connectivity index (χ0) is 20.9. The number of nitro benzene ring substituents is 1. The number of nitrogens with one attached hydrogen (secondary N) is 1. The number of anilines is 1. The Bertz CT molecular complexity index is 998. The molecule has 1 saturated heterocycles. The van der Waals surface area contributed by atoms with E-state index in [0.717, 1.165) is 11.5 Å². The van der Waals surface area contributed by atoms with Crippen molar-refractivity contribution in [3.05, 3.63) is 62.6 Å². The van der Waals surface area contributed by atoms with Gasteiger partial charge in [0.15, 0.2) is 0 Å². The molecule has 1 fully saturated rings. The van der Waals surface area contributed by atoms with Crippen LogP contribution in [0.2, 0.25) is 0 Å². The Morgan fingerprint density at radius 2 is 1.97 bits per heavy atom. The maximum absolute atomic E-state index is 12.5. The fraction of sp³-hybridized carbons (Fsp3) is 0.316. The van der Waals surface area contributed by atoms with Crippen LogP contribution in [0.15, 0.2) is 46.9 Å². The molecule has 1 aromatic carbocycles. The average molecular weight is 445 g/mol. The first-order valence-electron chi connectivity index (χ1n) is 9.42. The summed E-state index contributed by atoms with van der Waals surface area (Å²) in [6, 6.07) is 10.6. The topological polar surface area (TPSA) is 108 Å². The molecule has 0 bridgehead atoms. The van der Waals surface area contributed by atoms with Crippen molar-refractivity contribution in [2.75, 3.05) is 36.8 Å². The van der Waals surface area contributed by atoms with Crippen LogP contribution < -0.4 is 4.90 Å². The molecule has 0 radical (unpaired) electrons. The minimum atomic E-state index is -0.405. The number of carbonyl (C=O) groups is 1. The number of nitro groups is 1. The van der Waals surface area contributed by atoms with Gasteiger partial charge >= 0.3 is 0 Å². The van der Waals surface area contributed by atoms with Crippen LogP contribution in [0.1, 0.15) is 10.7 Å². The number of H-pyrrole nitrogens is 1. The van der Waals surface area contributed by atoms with Crippen molar-refractivity contribution in [2.45, 2.75) is 11.6 Å². The van der Waals surface area contributed by atoms with E-state index >= 15 is 0 Å². The van der Waals surface area contributed by atoms with Gasteiger partial charge < -0.3 is 9.80 Å². The fourth-order valence-electron chi connectivity index (χ4n) is 3.22. The highest BCUT2D eigenvalue weighted by Crippen LogP contribution is 2.21. The molecule has 0 aliphatic carbocycles. The first kappa shape index (κ1) is 20.4. The van der Waals surface area contributed by atoms with Gasteiger partial charge in [-0.3, -0.25) is 20.0 Å². The van der Waals surface area contributed by atoms with Crippen molar-refractivity contribution >= 4 is 40.4 Å². The highest BCUT2D eigenvalue weighted by Gasteiger charge is 2.22. The van der Waals surface area contributed by atoms with Crippen LogP contribution in [0, 0.1) is 10.1 Å². The van der Waals surface area contributed by atoms with Crippen LogP contribution in [0.3, 0.4) is 0 Å². The second-order valence-corrected chi connectivity index (χ2v) is 8.73. The number of amides is 1. The Hall–Kier alpha value is -2.92. The Morgan fingerprint density at radius 1 is 1.20 bits per heavy atom. The lowest BCUT2D eigenvalue weighted by Crippen LogP contribution is -2.49. The molecule has 0 saturated carbocycles. The molecule has 1 amide bonds. The monoisotopic (exact) mass is 444 g/mol. The summed E-state index contributed by atoms with van der Waals surface area (Å²) in [6.45, 7) is 2.63. The summed E-state index contributed by atoms with van der Waals surface area (Å²) >= 11 is 3.01. The van der Waals surface area contributed by atoms with Crippen LogP contribution in [0.4, 0.5) is 11.4 Å². The fourth-order valence-corrected chi connectivity index (χ4v) is 4.65. The highest BCUT2D eigenvalue weighted by atomic mass is 32.2. The Labute approximate surface area is 181 Å². The predicted octanol–water partition coefficient (Wildman–Crippen LogP) is 2.81. The third-order valence-electron chi connectivity index (χ3n) is 4.82. The van der Waals surface area contributed by atoms with Crippen molar-refractivity contribution in [2.24, 2.45) is 0 Å². The Balaban J connectivity index is 1.23. The maximum atomic E-state index is 12.5. The molecule has 1 aliphatic rings. The number of aromatic amines is 1. The van der Waals surface area contributed by atoms with Gasteiger partial charge in [0.25, 0.3) is 5.69 Å². The smallest absolute Gasteiger partial charge is 0.269 e. The number of thiophene rings is 1. The molecule has 9 nitrogen and oxygen atoms in total. The molecule has 1 N–H and O–H groups in total. The number of thioether (sulfide) groups is 1. The van der Waals surface area contributed by atoms with E-state index in [1.165, 1.54) is 28.8 Å². The first-order chi connectivity index (χ1) is 14.6. The molecule has 30 heavy (non-hydrogen) atoms. The third kappa shape index (κ3) is 4.97. The van der Waals surface area contributed by atoms with Crippen LogP contribution in [-0.4, -0.2) is 62.8 Å². The number of hydrogen-bond acceptors (Lipinski definition) is 8. The molecule has 0 spiro atoms. The van der Waals surface area contributed by atoms with E-state index in [9.17, 15) is 14.9 Å². The van der Waals surface area contributed by atoms with Crippen molar-refractivity contribution in [3.8, 4) is 0 Å². The Kier molecular flexibility index (Phi) is 6.29. The standard InChI is InChI=1S/C19H20N6O3S2/c26-18(13-30-19-20-17(21-22-19)12-16-2-1-11-29-16)24-9-7-23(8-10-24)14-3-5-15(6-4-14)25(27)28/h1-6,11H,7-10,12-13H2,(H,20,21,22). The number of rotatable bonds is 7. The Morgan fingerprint density at radius 3 is 2.63 bits per heavy atom. The largest absolute Gasteiger partial charge is 0.368 e. The van der Waals surface area contributed by atoms with Crippen LogP contribution in [0.25, 0.3) is 0 Å². The van der Waals surface area contributed by atoms with Crippen LogP contribution in [-0.2, 0) is 11.2 Å². The van der Waals surface area contributed by atoms with Crippen LogP contribution in [0.5, 0.6) is 0 Å². The van der Waals surface area contributed by atoms with Gasteiger partial charge in [-0.25, -0.2) is 4.98 Å². The second kappa shape index (κ2) is 9.26. The predicted molar refractivity (Wildman–Crippen MR) is 116 cm³/mol. The van der Waals surface area contributed by atoms with Gasteiger partial charge in [0, 0.05) is 55.3 Å². The van der Waals surface area contributed by atoms with E-state index in [1.54, 1.807) is 23.5 Å². The summed E-state index contributed by atoms with van der Waals surface area (Å²) in [5.41, 5.74) is 1.01. The van der Waals surface area contributed by atoms with Crippen LogP contribution >= 0.6 is 23.1 Å². The normalized spacial score (nSPS) is 14.1. The van der Waals surface area contributed by atoms with Gasteiger partial charge in [0.05, 0.1) is 10.7 Å². The SMILES string of the molecule is O=C(CSc1n[nH]c(Cc2cccs2)n1)N1CCN(c2ccc([N+](=O)[O-])cc2)CC1. The minimum absolute atomic E-state index is 0.0629. The van der Waals surface area contributed by atoms with Gasteiger partial charge in [-0.2, -0.15) is 0 Å². The van der Waals surface area contributed by atoms with Gasteiger partial charge in [-0.1, -0.05) is 17.8 Å². The summed E-state index contributed by atoms with van der Waals surface area (Å²) in [5.74, 6) is 1.16. The molecule has 2 aromatic heterocycles. The van der Waals surface area contributed by atoms with E-state index in [1.807, 2.05) is 16.3 Å². The number of aromatic nitrogens is 3. The van der Waals surface area contributed by atoms with E-state index in [4.69, 9.17) is 0 Å². The summed E-state index contributed by atoms with van der Waals surface area (Å²) in [7, 11) is 0. The van der Waals surface area contributed by atoms with E-state index in [2.05, 4.69) is 26.1 Å². The summed E-state index contributed by atoms with van der Waals surface area (Å²) < 4.78 is 0. The third-order valence-corrected chi connectivity index (χ3v) is 6.52. The second-order valence-electron chi connectivity index (χ2n) is 6.75. The van der Waals surface area contributed by atoms with E-state index in [0.29, 0.717) is 43.5 Å². The number of nitrogens with zero attached hydrogens (tertiary/aromatic N) is 5. The molecule has 1 aliphatic heterocycles. The summed E-state index contributed by atoms with van der Waals surface area (Å²) in [5, 5.41) is 20.5. The summed E-state index contributed by atoms with van der Waals surface area (Å²) in [4.78, 5) is 32.6. The minimum Gasteiger partial charge on any atom is -0.368 e. The van der Waals surface area contributed by atoms with E-state index < -0.39 is 4.92 Å². The lowest BCUT2D eigenvalue weighted by atomic mass is 10.2. The molecular weight excluding hydrogens is 424 g/mol. The molecule has 4 rings (SSSR count). The van der Waals surface area contributed by atoms with Crippen molar-refractivity contribution < 1.29 is 9.72 Å². The number of benzene rings is 1. The van der Waals surface area contributed by atoms with E-state index in [-0.39, 0.29) is 11.6 Å². The maximum Gasteiger partial charge on any atom is 0.269 e. The molecule has 0 atom stereocenters. The molecule has 3 aromatic rings. The molecule has 156 valence electrons. The number of hydrogen-bond donors (Lipinski definition) is 1. The van der Waals surface area contributed by atoms with Crippen molar-refractivity contribution in [3.63, 3.8) is 0 Å². The lowest BCUT2D eigenvalue weighted by Gasteiger charge is -2.36. The molecule has 3 heterocycles. The van der Waals surface area contributed by atoms with Gasteiger partial charge in [-0.15, -0.1) is 16.4 Å². The zero-order valence-electron chi connectivity index (χ0n) is 16.1. The van der Waals surface area contributed by atoms with Crippen molar-refractivity contribution in [1.29, 1.82) is 0 Å². The number of non-ortho nitro benzene ring substituents is 1. The average Bonchev–Trinajstić information content (AvgIpc) is 3.45. The van der Waals surface area contributed by atoms with Gasteiger partial charge in [-0.05, 0) is 23.6 Å². The number of carbonyl (C=O) groups excluding carboxylic acids is 1. The van der Waals surface area contributed by atoms with Gasteiger partial charge in [0.2, 0.25) is 11.1 Å². The molecule has 11 heteroatoms. The molecular formula is C19H20N6O3S2. The van der Waals surface area contributed by atoms with Crippen molar-refractivity contribution in [1.82, 2.24) is 20.1 Å². The zero-order valence-corrected chi connectivity index (χ0v) is 17.7. The highest BCUT2D eigenvalue weighted by molar-refractivity contribution is 7.99. The number of piperazine rings is 1.